The number of aliphatic carboxylic acids is 4. The second kappa shape index (κ2) is 8.80. The van der Waals surface area contributed by atoms with E-state index in [0.717, 1.165) is 0 Å². The van der Waals surface area contributed by atoms with E-state index < -0.39 is 53.1 Å². The van der Waals surface area contributed by atoms with Crippen LogP contribution >= 0.6 is 0 Å². The van der Waals surface area contributed by atoms with Crippen molar-refractivity contribution in [3.8, 4) is 0 Å². The summed E-state index contributed by atoms with van der Waals surface area (Å²) in [6, 6.07) is 0. The van der Waals surface area contributed by atoms with Gasteiger partial charge in [-0.2, -0.15) is 0 Å². The van der Waals surface area contributed by atoms with Crippen LogP contribution in [0.25, 0.3) is 0 Å². The Morgan fingerprint density at radius 3 is 1.60 bits per heavy atom. The van der Waals surface area contributed by atoms with Crippen molar-refractivity contribution in [2.45, 2.75) is 52.6 Å². The van der Waals surface area contributed by atoms with Gasteiger partial charge in [-0.05, 0) is 26.2 Å². The molecule has 4 N–H and O–H groups in total. The third-order valence-electron chi connectivity index (χ3n) is 4.82. The molecular formula is C16H26O9. The van der Waals surface area contributed by atoms with Crippen LogP contribution < -0.4 is 0 Å². The minimum atomic E-state index is -2.60. The minimum absolute atomic E-state index is 0.198. The Morgan fingerprint density at radius 1 is 0.880 bits per heavy atom. The smallest absolute Gasteiger partial charge is 0.338 e. The highest BCUT2D eigenvalue weighted by atomic mass is 16.5. The Bertz CT molecular complexity index is 524. The van der Waals surface area contributed by atoms with Gasteiger partial charge in [0.05, 0.1) is 11.8 Å². The fourth-order valence-corrected chi connectivity index (χ4v) is 3.35. The molecule has 0 rings (SSSR count). The molecule has 0 aliphatic rings. The first kappa shape index (κ1) is 22.8. The van der Waals surface area contributed by atoms with Crippen molar-refractivity contribution in [1.29, 1.82) is 0 Å². The van der Waals surface area contributed by atoms with Gasteiger partial charge in [0.1, 0.15) is 5.41 Å². The third kappa shape index (κ3) is 3.92. The van der Waals surface area contributed by atoms with Gasteiger partial charge >= 0.3 is 23.9 Å². The van der Waals surface area contributed by atoms with E-state index in [-0.39, 0.29) is 19.4 Å². The van der Waals surface area contributed by atoms with Crippen molar-refractivity contribution >= 4 is 23.9 Å². The molecule has 0 heterocycles. The Morgan fingerprint density at radius 2 is 1.36 bits per heavy atom. The van der Waals surface area contributed by atoms with E-state index in [0.29, 0.717) is 0 Å². The molecule has 3 atom stereocenters. The maximum Gasteiger partial charge on any atom is 0.338 e. The van der Waals surface area contributed by atoms with Gasteiger partial charge in [-0.1, -0.05) is 20.8 Å². The first-order valence-electron chi connectivity index (χ1n) is 8.04. The lowest BCUT2D eigenvalue weighted by Crippen LogP contribution is -2.65. The summed E-state index contributed by atoms with van der Waals surface area (Å²) in [5.74, 6) is -9.20. The van der Waals surface area contributed by atoms with Gasteiger partial charge in [0.25, 0.3) is 0 Å². The number of hydrogen-bond acceptors (Lipinski definition) is 5. The maximum absolute atomic E-state index is 12.2. The lowest BCUT2D eigenvalue weighted by atomic mass is 9.60. The van der Waals surface area contributed by atoms with Crippen LogP contribution in [0.3, 0.4) is 0 Å². The van der Waals surface area contributed by atoms with E-state index in [1.165, 1.54) is 27.7 Å². The summed E-state index contributed by atoms with van der Waals surface area (Å²) in [4.78, 5) is 47.2. The lowest BCUT2D eigenvalue weighted by Gasteiger charge is -2.47. The summed E-state index contributed by atoms with van der Waals surface area (Å²) in [6.07, 6.45) is -0.973. The molecule has 0 saturated heterocycles. The molecule has 0 spiro atoms. The van der Waals surface area contributed by atoms with E-state index in [1.54, 1.807) is 0 Å². The number of carbonyl (C=O) groups is 4. The number of ether oxygens (including phenoxy) is 1. The molecule has 0 aromatic rings. The predicted octanol–water partition coefficient (Wildman–Crippen LogP) is 1.55. The minimum Gasteiger partial charge on any atom is -0.481 e. The zero-order valence-electron chi connectivity index (χ0n) is 14.8. The van der Waals surface area contributed by atoms with Crippen LogP contribution in [-0.2, 0) is 23.9 Å². The molecule has 0 amide bonds. The monoisotopic (exact) mass is 362 g/mol. The highest BCUT2D eigenvalue weighted by Gasteiger charge is 2.66. The highest BCUT2D eigenvalue weighted by molar-refractivity contribution is 5.93. The van der Waals surface area contributed by atoms with Gasteiger partial charge in [0.15, 0.2) is 5.60 Å². The van der Waals surface area contributed by atoms with Gasteiger partial charge in [-0.25, -0.2) is 4.79 Å². The SMILES string of the molecule is CCOC(C(=O)O)(C(CC(C)C(=O)O)C(=O)O)C(CC)(CC)C(=O)O. The Kier molecular flexibility index (Phi) is 8.04. The molecule has 0 aromatic heterocycles. The summed E-state index contributed by atoms with van der Waals surface area (Å²) in [7, 11) is 0. The fraction of sp³-hybridized carbons (Fsp3) is 0.750. The van der Waals surface area contributed by atoms with Crippen LogP contribution in [0.1, 0.15) is 47.0 Å². The molecule has 0 fully saturated rings. The van der Waals surface area contributed by atoms with Crippen molar-refractivity contribution < 1.29 is 44.3 Å². The fourth-order valence-electron chi connectivity index (χ4n) is 3.35. The molecule has 144 valence electrons. The summed E-state index contributed by atoms with van der Waals surface area (Å²) in [5.41, 5.74) is -4.64. The standard InChI is InChI=1S/C16H26O9/c1-5-15(6-2,13(21)22)16(14(23)24,25-7-3)10(12(19)20)8-9(4)11(17)18/h9-10H,5-8H2,1-4H3,(H,17,18)(H,19,20)(H,21,22)(H,23,24). The van der Waals surface area contributed by atoms with Gasteiger partial charge in [0, 0.05) is 6.61 Å². The van der Waals surface area contributed by atoms with Gasteiger partial charge in [-0.15, -0.1) is 0 Å². The topological polar surface area (TPSA) is 158 Å². The number of hydrogen-bond donors (Lipinski definition) is 4. The van der Waals surface area contributed by atoms with Crippen LogP contribution in [0.4, 0.5) is 0 Å². The molecule has 9 nitrogen and oxygen atoms in total. The third-order valence-corrected chi connectivity index (χ3v) is 4.82. The Balaban J connectivity index is 6.71. The molecule has 0 aliphatic carbocycles. The highest BCUT2D eigenvalue weighted by Crippen LogP contribution is 2.48. The van der Waals surface area contributed by atoms with Crippen molar-refractivity contribution in [3.63, 3.8) is 0 Å². The molecule has 9 heteroatoms. The summed E-state index contributed by atoms with van der Waals surface area (Å²) >= 11 is 0. The van der Waals surface area contributed by atoms with E-state index >= 15 is 0 Å². The van der Waals surface area contributed by atoms with E-state index in [1.807, 2.05) is 0 Å². The molecule has 0 bridgehead atoms. The quantitative estimate of drug-likeness (QED) is 0.404. The van der Waals surface area contributed by atoms with Gasteiger partial charge in [0.2, 0.25) is 0 Å². The zero-order valence-corrected chi connectivity index (χ0v) is 14.8. The van der Waals surface area contributed by atoms with Crippen molar-refractivity contribution in [1.82, 2.24) is 0 Å². The summed E-state index contributed by atoms with van der Waals surface area (Å²) in [5, 5.41) is 38.3. The lowest BCUT2D eigenvalue weighted by molar-refractivity contribution is -0.219. The average Bonchev–Trinajstić information content (AvgIpc) is 2.51. The normalized spacial score (nSPS) is 16.5. The molecule has 3 unspecified atom stereocenters. The zero-order chi connectivity index (χ0) is 20.0. The van der Waals surface area contributed by atoms with Gasteiger partial charge < -0.3 is 25.2 Å². The van der Waals surface area contributed by atoms with Crippen LogP contribution in [0, 0.1) is 17.3 Å². The molecule has 0 aromatic carbocycles. The van der Waals surface area contributed by atoms with E-state index in [4.69, 9.17) is 9.84 Å². The van der Waals surface area contributed by atoms with Crippen LogP contribution in [0.2, 0.25) is 0 Å². The number of rotatable bonds is 12. The van der Waals surface area contributed by atoms with Gasteiger partial charge in [-0.3, -0.25) is 14.4 Å². The number of carboxylic acids is 4. The van der Waals surface area contributed by atoms with Crippen LogP contribution in [-0.4, -0.2) is 56.5 Å². The van der Waals surface area contributed by atoms with Crippen LogP contribution in [0.15, 0.2) is 0 Å². The second-order valence-corrected chi connectivity index (χ2v) is 5.93. The average molecular weight is 362 g/mol. The first-order chi connectivity index (χ1) is 11.5. The molecular weight excluding hydrogens is 336 g/mol. The van der Waals surface area contributed by atoms with E-state index in [2.05, 4.69) is 0 Å². The largest absolute Gasteiger partial charge is 0.481 e. The molecule has 0 saturated carbocycles. The van der Waals surface area contributed by atoms with Crippen LogP contribution in [0.5, 0.6) is 0 Å². The summed E-state index contributed by atoms with van der Waals surface area (Å²) in [6.45, 7) is 5.29. The molecule has 25 heavy (non-hydrogen) atoms. The Hall–Kier alpha value is -2.16. The van der Waals surface area contributed by atoms with Crippen molar-refractivity contribution in [2.75, 3.05) is 6.61 Å². The summed E-state index contributed by atoms with van der Waals surface area (Å²) < 4.78 is 5.35. The van der Waals surface area contributed by atoms with Crippen molar-refractivity contribution in [2.24, 2.45) is 17.3 Å². The van der Waals surface area contributed by atoms with E-state index in [9.17, 15) is 34.5 Å². The predicted molar refractivity (Wildman–Crippen MR) is 85.2 cm³/mol. The molecule has 0 radical (unpaired) electrons. The molecule has 0 aliphatic heterocycles. The maximum atomic E-state index is 12.2. The number of carboxylic acid groups (broad SMARTS) is 4. The Labute approximate surface area is 145 Å². The second-order valence-electron chi connectivity index (χ2n) is 5.93. The van der Waals surface area contributed by atoms with Crippen molar-refractivity contribution in [3.05, 3.63) is 0 Å². The first-order valence-corrected chi connectivity index (χ1v) is 8.04.